The average molecular weight is 1710 g/mol. The Morgan fingerprint density at radius 2 is 0.556 bits per heavy atom. The zero-order chi connectivity index (χ0) is 68.3. The molecule has 10 heteroatoms. The van der Waals surface area contributed by atoms with E-state index in [0.717, 1.165) is 57.9 Å². The summed E-state index contributed by atoms with van der Waals surface area (Å²) in [6.07, 6.45) is 10.4. The number of rotatable bonds is 17. The molecule has 504 valence electrons. The minimum Gasteiger partial charge on any atom is -0.305 e. The van der Waals surface area contributed by atoms with Gasteiger partial charge in [-0.25, -0.2) is 0 Å². The first kappa shape index (κ1) is 76.5. The molecule has 0 aliphatic carbocycles. The van der Waals surface area contributed by atoms with Crippen molar-refractivity contribution in [2.24, 2.45) is 11.8 Å². The first-order valence-electron chi connectivity index (χ1n) is 34.0. The fourth-order valence-corrected chi connectivity index (χ4v) is 23.4. The first-order chi connectivity index (χ1) is 46.9. The van der Waals surface area contributed by atoms with Gasteiger partial charge in [0.25, 0.3) is 0 Å². The van der Waals surface area contributed by atoms with Crippen LogP contribution in [0.2, 0.25) is 45.8 Å². The quantitative estimate of drug-likeness (QED) is 0.0518. The molecule has 0 spiro atoms. The van der Waals surface area contributed by atoms with Gasteiger partial charge in [0.1, 0.15) is 8.07 Å². The van der Waals surface area contributed by atoms with Gasteiger partial charge in [0.2, 0.25) is 0 Å². The van der Waals surface area contributed by atoms with E-state index in [0.29, 0.717) is 11.8 Å². The predicted molar refractivity (Wildman–Crippen MR) is 424 cm³/mol. The van der Waals surface area contributed by atoms with Crippen molar-refractivity contribution in [3.05, 3.63) is 345 Å². The zero-order valence-electron chi connectivity index (χ0n) is 59.0. The number of hydrogen-bond acceptors (Lipinski definition) is 4. The van der Waals surface area contributed by atoms with Crippen molar-refractivity contribution in [2.45, 2.75) is 86.4 Å². The molecule has 0 fully saturated rings. The summed E-state index contributed by atoms with van der Waals surface area (Å²) in [6, 6.07) is 114. The van der Waals surface area contributed by atoms with E-state index in [9.17, 15) is 0 Å². The SMILES string of the molecule is CC(C)Cc1cc(-c2[c-]cccc2)ncc1[Si](C)(c1ccccc1)c1ccccc1.CC(C)Cc1cc(-c2[c-]cccc2)ncc1[Si](c1ccccc1)(c1ccccc1)c1ccccc1.C[Si](C)(C)c1ccc(-c2[c-]cccc2)nc1.C[Si](C)(C)c1ccc(-c2[c-]cccc2)nc1.[Ir].[Ir]. The third kappa shape index (κ3) is 19.6. The van der Waals surface area contributed by atoms with E-state index in [1.165, 1.54) is 57.8 Å². The third-order valence-electron chi connectivity index (χ3n) is 17.7. The molecule has 0 bridgehead atoms. The Balaban J connectivity index is 0.000000176. The Morgan fingerprint density at radius 3 is 0.828 bits per heavy atom. The van der Waals surface area contributed by atoms with Gasteiger partial charge in [-0.2, -0.15) is 0 Å². The van der Waals surface area contributed by atoms with Crippen molar-refractivity contribution in [1.29, 1.82) is 0 Å². The number of aromatic nitrogens is 4. The van der Waals surface area contributed by atoms with Crippen LogP contribution in [-0.2, 0) is 53.1 Å². The Bertz CT molecular complexity index is 4260. The predicted octanol–water partition coefficient (Wildman–Crippen LogP) is 16.2. The standard InChI is InChI=1S/C33H30NSi.C28H28NSi.2C14H16NSi.2Ir/c1-26(2)23-28-24-32(27-15-7-3-8-16-27)34-25-33(28)35(29-17-9-4-10-18-29,30-19-11-5-12-20-30)31-21-13-6-14-22-31;1-22(2)19-24-20-27(23-13-7-4-8-14-23)29-21-28(24)30(3,25-15-9-5-10-16-25)26-17-11-6-12-18-26;2*1-16(2,3)13-9-10-14(15-11-13)12-7-5-4-6-8-12;;/h3-15,17-22,24-26H,23H2,1-2H3;4-13,15-18,20-22H,19H2,1-3H3;2*4-7,9-11H,1-3H3;;/q4*-1;;. The van der Waals surface area contributed by atoms with E-state index in [-0.39, 0.29) is 40.2 Å². The Morgan fingerprint density at radius 1 is 0.283 bits per heavy atom. The number of nitrogens with zero attached hydrogens (tertiary/aromatic N) is 4. The van der Waals surface area contributed by atoms with E-state index < -0.39 is 32.3 Å². The van der Waals surface area contributed by atoms with E-state index >= 15 is 0 Å². The van der Waals surface area contributed by atoms with Crippen LogP contribution >= 0.6 is 0 Å². The van der Waals surface area contributed by atoms with Gasteiger partial charge in [0.15, 0.2) is 8.07 Å². The van der Waals surface area contributed by atoms with Crippen LogP contribution in [0.1, 0.15) is 38.8 Å². The van der Waals surface area contributed by atoms with Crippen molar-refractivity contribution < 1.29 is 40.2 Å². The van der Waals surface area contributed by atoms with Crippen LogP contribution in [0.15, 0.2) is 310 Å². The van der Waals surface area contributed by atoms with Crippen LogP contribution in [0.4, 0.5) is 0 Å². The summed E-state index contributed by atoms with van der Waals surface area (Å²) in [5.41, 5.74) is 11.0. The third-order valence-corrected chi connectivity index (χ3v) is 31.1. The van der Waals surface area contributed by atoms with Crippen LogP contribution in [0.25, 0.3) is 45.0 Å². The maximum Gasteiger partial charge on any atom is 0.181 e. The molecule has 99 heavy (non-hydrogen) atoms. The van der Waals surface area contributed by atoms with Gasteiger partial charge in [-0.15, -0.1) is 144 Å². The molecule has 2 radical (unpaired) electrons. The molecule has 4 aromatic heterocycles. The van der Waals surface area contributed by atoms with Gasteiger partial charge >= 0.3 is 0 Å². The minimum absolute atomic E-state index is 0. The molecule has 0 aliphatic rings. The molecule has 0 atom stereocenters. The zero-order valence-corrected chi connectivity index (χ0v) is 67.8. The van der Waals surface area contributed by atoms with Crippen molar-refractivity contribution in [3.8, 4) is 45.0 Å². The van der Waals surface area contributed by atoms with Crippen molar-refractivity contribution in [2.75, 3.05) is 0 Å². The maximum atomic E-state index is 5.06. The second-order valence-corrected chi connectivity index (χ2v) is 45.7. The van der Waals surface area contributed by atoms with Gasteiger partial charge in [0.05, 0.1) is 16.1 Å². The average Bonchev–Trinajstić information content (AvgIpc) is 0.731. The summed E-state index contributed by atoms with van der Waals surface area (Å²) in [7, 11) is -7.25. The monoisotopic (exact) mass is 1710 g/mol. The largest absolute Gasteiger partial charge is 0.305 e. The molecule has 0 N–H and O–H groups in total. The fraction of sp³-hybridized carbons (Fsp3) is 0.169. The molecule has 0 amide bonds. The van der Waals surface area contributed by atoms with Gasteiger partial charge in [-0.05, 0) is 94.1 Å². The van der Waals surface area contributed by atoms with Gasteiger partial charge in [0, 0.05) is 65.0 Å². The summed E-state index contributed by atoms with van der Waals surface area (Å²) in [5.74, 6) is 1.10. The molecule has 13 aromatic rings. The van der Waals surface area contributed by atoms with Crippen molar-refractivity contribution >= 4 is 79.0 Å². The molecular weight excluding hydrogens is 1620 g/mol. The smallest absolute Gasteiger partial charge is 0.181 e. The van der Waals surface area contributed by atoms with Crippen molar-refractivity contribution in [3.63, 3.8) is 0 Å². The maximum absolute atomic E-state index is 5.06. The normalized spacial score (nSPS) is 11.3. The molecular formula is C89H90Ir2N4Si4-4. The van der Waals surface area contributed by atoms with E-state index in [2.05, 4.69) is 332 Å². The number of benzene rings is 9. The summed E-state index contributed by atoms with van der Waals surface area (Å²) in [4.78, 5) is 19.0. The van der Waals surface area contributed by atoms with Gasteiger partial charge in [-0.1, -0.05) is 273 Å². The van der Waals surface area contributed by atoms with Crippen molar-refractivity contribution in [1.82, 2.24) is 19.9 Å². The fourth-order valence-electron chi connectivity index (χ4n) is 12.5. The molecule has 4 nitrogen and oxygen atoms in total. The van der Waals surface area contributed by atoms with E-state index in [1.807, 2.05) is 85.2 Å². The van der Waals surface area contributed by atoms with Crippen LogP contribution in [-0.4, -0.2) is 52.2 Å². The summed E-state index contributed by atoms with van der Waals surface area (Å²) in [5, 5.41) is 12.5. The van der Waals surface area contributed by atoms with Crippen LogP contribution < -0.4 is 46.7 Å². The van der Waals surface area contributed by atoms with Crippen LogP contribution in [0, 0.1) is 36.1 Å². The molecule has 4 heterocycles. The molecule has 0 aliphatic heterocycles. The Hall–Kier alpha value is -8.25. The van der Waals surface area contributed by atoms with Gasteiger partial charge < -0.3 is 19.9 Å². The molecule has 0 unspecified atom stereocenters. The Kier molecular flexibility index (Phi) is 28.0. The second kappa shape index (κ2) is 36.2. The number of hydrogen-bond donors (Lipinski definition) is 0. The van der Waals surface area contributed by atoms with Crippen LogP contribution in [0.3, 0.4) is 0 Å². The Labute approximate surface area is 622 Å². The van der Waals surface area contributed by atoms with Gasteiger partial charge in [-0.3, -0.25) is 0 Å². The molecule has 0 saturated carbocycles. The molecule has 9 aromatic carbocycles. The summed E-state index contributed by atoms with van der Waals surface area (Å²) >= 11 is 0. The second-order valence-electron chi connectivity index (χ2n) is 27.8. The van der Waals surface area contributed by atoms with E-state index in [4.69, 9.17) is 9.97 Å². The van der Waals surface area contributed by atoms with E-state index in [1.54, 1.807) is 0 Å². The first-order valence-corrected chi connectivity index (χ1v) is 45.5. The summed E-state index contributed by atoms with van der Waals surface area (Å²) < 4.78 is 0. The topological polar surface area (TPSA) is 51.6 Å². The summed E-state index contributed by atoms with van der Waals surface area (Å²) in [6.45, 7) is 25.6. The van der Waals surface area contributed by atoms with Crippen LogP contribution in [0.5, 0.6) is 0 Å². The molecule has 13 rings (SSSR count). The minimum atomic E-state index is -2.61. The molecule has 0 saturated heterocycles. The number of pyridine rings is 4.